The second-order valence-electron chi connectivity index (χ2n) is 4.50. The number of nitrogens with two attached hydrogens (primary N) is 1. The molecule has 1 aliphatic carbocycles. The lowest BCUT2D eigenvalue weighted by Gasteiger charge is -2.34. The number of halogens is 2. The first-order valence-corrected chi connectivity index (χ1v) is 5.88. The molecule has 0 saturated heterocycles. The van der Waals surface area contributed by atoms with Crippen molar-refractivity contribution in [2.75, 3.05) is 0 Å². The van der Waals surface area contributed by atoms with E-state index in [1.165, 1.54) is 0 Å². The zero-order chi connectivity index (χ0) is 11.8. The molecule has 0 heterocycles. The summed E-state index contributed by atoms with van der Waals surface area (Å²) in [5.41, 5.74) is 6.04. The lowest BCUT2D eigenvalue weighted by molar-refractivity contribution is 0.288. The van der Waals surface area contributed by atoms with E-state index in [0.717, 1.165) is 38.2 Å². The SMILES string of the molecule is NC1(c2cc(Cl)cc(F)c2O)CCCCC1. The van der Waals surface area contributed by atoms with Crippen LogP contribution in [-0.4, -0.2) is 5.11 Å². The number of rotatable bonds is 1. The molecule has 3 N–H and O–H groups in total. The predicted molar refractivity (Wildman–Crippen MR) is 62.0 cm³/mol. The van der Waals surface area contributed by atoms with Gasteiger partial charge >= 0.3 is 0 Å². The van der Waals surface area contributed by atoms with Gasteiger partial charge in [0.05, 0.1) is 0 Å². The minimum absolute atomic E-state index is 0.278. The Hall–Kier alpha value is -0.800. The molecular weight excluding hydrogens is 229 g/mol. The van der Waals surface area contributed by atoms with E-state index in [1.807, 2.05) is 0 Å². The Morgan fingerprint density at radius 1 is 1.25 bits per heavy atom. The van der Waals surface area contributed by atoms with Crippen molar-refractivity contribution in [1.82, 2.24) is 0 Å². The number of phenolic OH excluding ortho intramolecular Hbond substituents is 1. The average molecular weight is 244 g/mol. The lowest BCUT2D eigenvalue weighted by atomic mass is 9.77. The third kappa shape index (κ3) is 2.02. The molecule has 0 aliphatic heterocycles. The fourth-order valence-corrected chi connectivity index (χ4v) is 2.60. The van der Waals surface area contributed by atoms with E-state index in [1.54, 1.807) is 6.07 Å². The minimum Gasteiger partial charge on any atom is -0.505 e. The summed E-state index contributed by atoms with van der Waals surface area (Å²) in [7, 11) is 0. The molecule has 2 nitrogen and oxygen atoms in total. The topological polar surface area (TPSA) is 46.2 Å². The van der Waals surface area contributed by atoms with Crippen molar-refractivity contribution in [1.29, 1.82) is 0 Å². The van der Waals surface area contributed by atoms with Crippen molar-refractivity contribution < 1.29 is 9.50 Å². The zero-order valence-electron chi connectivity index (χ0n) is 8.97. The molecule has 0 aromatic heterocycles. The molecule has 88 valence electrons. The Kier molecular flexibility index (Phi) is 3.08. The minimum atomic E-state index is -0.696. The molecule has 1 aliphatic rings. The third-order valence-corrected chi connectivity index (χ3v) is 3.53. The summed E-state index contributed by atoms with van der Waals surface area (Å²) >= 11 is 5.80. The number of benzene rings is 1. The standard InChI is InChI=1S/C12H15ClFNO/c13-8-6-9(11(16)10(14)7-8)12(15)4-2-1-3-5-12/h6-7,16H,1-5,15H2. The number of hydrogen-bond donors (Lipinski definition) is 2. The van der Waals surface area contributed by atoms with Crippen LogP contribution in [0.4, 0.5) is 4.39 Å². The maximum absolute atomic E-state index is 13.4. The molecule has 0 bridgehead atoms. The highest BCUT2D eigenvalue weighted by Gasteiger charge is 2.33. The number of phenols is 1. The number of hydrogen-bond acceptors (Lipinski definition) is 2. The van der Waals surface area contributed by atoms with E-state index in [-0.39, 0.29) is 10.8 Å². The molecule has 0 radical (unpaired) electrons. The Morgan fingerprint density at radius 3 is 2.50 bits per heavy atom. The Bertz CT molecular complexity index is 402. The molecule has 0 amide bonds. The highest BCUT2D eigenvalue weighted by Crippen LogP contribution is 2.40. The van der Waals surface area contributed by atoms with Crippen LogP contribution in [0.25, 0.3) is 0 Å². The molecule has 0 spiro atoms. The quantitative estimate of drug-likeness (QED) is 0.795. The van der Waals surface area contributed by atoms with Crippen molar-refractivity contribution in [3.8, 4) is 5.75 Å². The van der Waals surface area contributed by atoms with Gasteiger partial charge in [0.2, 0.25) is 0 Å². The smallest absolute Gasteiger partial charge is 0.166 e. The van der Waals surface area contributed by atoms with E-state index in [9.17, 15) is 9.50 Å². The molecule has 1 aromatic rings. The van der Waals surface area contributed by atoms with Gasteiger partial charge in [0.15, 0.2) is 11.6 Å². The van der Waals surface area contributed by atoms with Crippen LogP contribution in [0.2, 0.25) is 5.02 Å². The summed E-state index contributed by atoms with van der Waals surface area (Å²) in [5.74, 6) is -1.05. The van der Waals surface area contributed by atoms with E-state index in [2.05, 4.69) is 0 Å². The van der Waals surface area contributed by atoms with E-state index in [0.29, 0.717) is 5.56 Å². The fraction of sp³-hybridized carbons (Fsp3) is 0.500. The predicted octanol–water partition coefficient (Wildman–Crippen LogP) is 3.30. The Balaban J connectivity index is 2.45. The number of aromatic hydroxyl groups is 1. The van der Waals surface area contributed by atoms with E-state index >= 15 is 0 Å². The second kappa shape index (κ2) is 4.22. The van der Waals surface area contributed by atoms with Crippen LogP contribution in [0.1, 0.15) is 37.7 Å². The Labute approximate surface area is 99.2 Å². The maximum Gasteiger partial charge on any atom is 0.166 e. The summed E-state index contributed by atoms with van der Waals surface area (Å²) < 4.78 is 13.4. The normalized spacial score (nSPS) is 19.7. The first-order chi connectivity index (χ1) is 7.53. The van der Waals surface area contributed by atoms with Crippen molar-refractivity contribution in [3.63, 3.8) is 0 Å². The first kappa shape index (κ1) is 11.7. The van der Waals surface area contributed by atoms with Gasteiger partial charge in [-0.15, -0.1) is 0 Å². The van der Waals surface area contributed by atoms with Crippen molar-refractivity contribution in [2.45, 2.75) is 37.6 Å². The molecule has 1 aromatic carbocycles. The van der Waals surface area contributed by atoms with Crippen LogP contribution in [0.5, 0.6) is 5.75 Å². The molecule has 1 fully saturated rings. The molecule has 2 rings (SSSR count). The van der Waals surface area contributed by atoms with Gasteiger partial charge in [0.1, 0.15) is 0 Å². The summed E-state index contributed by atoms with van der Waals surface area (Å²) in [6.07, 6.45) is 4.68. The fourth-order valence-electron chi connectivity index (χ4n) is 2.40. The van der Waals surface area contributed by atoms with Gasteiger partial charge in [-0.25, -0.2) is 4.39 Å². The monoisotopic (exact) mass is 243 g/mol. The summed E-state index contributed by atoms with van der Waals surface area (Å²) in [6.45, 7) is 0. The van der Waals surface area contributed by atoms with E-state index in [4.69, 9.17) is 17.3 Å². The van der Waals surface area contributed by atoms with Crippen LogP contribution in [-0.2, 0) is 5.54 Å². The van der Waals surface area contributed by atoms with Crippen LogP contribution in [0.15, 0.2) is 12.1 Å². The van der Waals surface area contributed by atoms with Gasteiger partial charge in [-0.2, -0.15) is 0 Å². The molecule has 16 heavy (non-hydrogen) atoms. The lowest BCUT2D eigenvalue weighted by Crippen LogP contribution is -2.38. The first-order valence-electron chi connectivity index (χ1n) is 5.50. The van der Waals surface area contributed by atoms with Gasteiger partial charge in [-0.3, -0.25) is 0 Å². The molecule has 4 heteroatoms. The highest BCUT2D eigenvalue weighted by atomic mass is 35.5. The summed E-state index contributed by atoms with van der Waals surface area (Å²) in [6, 6.07) is 2.68. The van der Waals surface area contributed by atoms with Crippen molar-refractivity contribution in [2.24, 2.45) is 5.73 Å². The molecule has 0 unspecified atom stereocenters. The molecule has 1 saturated carbocycles. The second-order valence-corrected chi connectivity index (χ2v) is 4.94. The van der Waals surface area contributed by atoms with Crippen LogP contribution < -0.4 is 5.73 Å². The maximum atomic E-state index is 13.4. The van der Waals surface area contributed by atoms with Gasteiger partial charge in [-0.1, -0.05) is 30.9 Å². The van der Waals surface area contributed by atoms with Gasteiger partial charge < -0.3 is 10.8 Å². The van der Waals surface area contributed by atoms with Crippen LogP contribution in [0.3, 0.4) is 0 Å². The average Bonchev–Trinajstić information content (AvgIpc) is 2.24. The van der Waals surface area contributed by atoms with Gasteiger partial charge in [-0.05, 0) is 25.0 Å². The highest BCUT2D eigenvalue weighted by molar-refractivity contribution is 6.30. The van der Waals surface area contributed by atoms with Crippen LogP contribution in [0, 0.1) is 5.82 Å². The summed E-state index contributed by atoms with van der Waals surface area (Å²) in [5, 5.41) is 10.0. The molecular formula is C12H15ClFNO. The Morgan fingerprint density at radius 2 is 1.88 bits per heavy atom. The third-order valence-electron chi connectivity index (χ3n) is 3.31. The van der Waals surface area contributed by atoms with Crippen LogP contribution >= 0.6 is 11.6 Å². The molecule has 0 atom stereocenters. The van der Waals surface area contributed by atoms with Crippen molar-refractivity contribution in [3.05, 3.63) is 28.5 Å². The van der Waals surface area contributed by atoms with Gasteiger partial charge in [0, 0.05) is 16.1 Å². The van der Waals surface area contributed by atoms with E-state index < -0.39 is 11.4 Å². The van der Waals surface area contributed by atoms with Gasteiger partial charge in [0.25, 0.3) is 0 Å². The van der Waals surface area contributed by atoms with Crippen molar-refractivity contribution >= 4 is 11.6 Å². The largest absolute Gasteiger partial charge is 0.505 e. The summed E-state index contributed by atoms with van der Waals surface area (Å²) in [4.78, 5) is 0. The zero-order valence-corrected chi connectivity index (χ0v) is 9.73.